The van der Waals surface area contributed by atoms with Gasteiger partial charge in [0.25, 0.3) is 5.91 Å². The fourth-order valence-electron chi connectivity index (χ4n) is 1.49. The van der Waals surface area contributed by atoms with E-state index in [1.165, 1.54) is 24.0 Å². The van der Waals surface area contributed by atoms with Gasteiger partial charge in [0.2, 0.25) is 5.95 Å². The summed E-state index contributed by atoms with van der Waals surface area (Å²) < 4.78 is 12.8. The van der Waals surface area contributed by atoms with E-state index in [2.05, 4.69) is 10.3 Å². The van der Waals surface area contributed by atoms with Crippen LogP contribution < -0.4 is 5.32 Å². The minimum atomic E-state index is -0.625. The third-order valence-electron chi connectivity index (χ3n) is 2.32. The first-order valence-corrected chi connectivity index (χ1v) is 7.56. The molecule has 1 N–H and O–H groups in total. The first kappa shape index (κ1) is 12.7. The Hall–Kier alpha value is -0.750. The Morgan fingerprint density at radius 1 is 1.53 bits per heavy atom. The lowest BCUT2D eigenvalue weighted by molar-refractivity contribution is 0.0948. The zero-order valence-corrected chi connectivity index (χ0v) is 10.8. The summed E-state index contributed by atoms with van der Waals surface area (Å²) in [5, 5.41) is 3.24. The monoisotopic (exact) mass is 272 g/mol. The minimum absolute atomic E-state index is 0.137. The van der Waals surface area contributed by atoms with Crippen molar-refractivity contribution in [3.05, 3.63) is 29.8 Å². The second-order valence-electron chi connectivity index (χ2n) is 3.62. The predicted octanol–water partition coefficient (Wildman–Crippen LogP) is 1.80. The smallest absolute Gasteiger partial charge is 0.270 e. The van der Waals surface area contributed by atoms with E-state index in [1.807, 2.05) is 23.5 Å². The molecule has 17 heavy (non-hydrogen) atoms. The molecule has 1 fully saturated rings. The summed E-state index contributed by atoms with van der Waals surface area (Å²) >= 11 is 3.78. The Kier molecular flexibility index (Phi) is 4.67. The van der Waals surface area contributed by atoms with E-state index < -0.39 is 5.95 Å². The lowest BCUT2D eigenvalue weighted by Gasteiger charge is -2.20. The van der Waals surface area contributed by atoms with Crippen molar-refractivity contribution in [2.45, 2.75) is 5.25 Å². The molecule has 3 nitrogen and oxygen atoms in total. The number of halogens is 1. The van der Waals surface area contributed by atoms with Crippen molar-refractivity contribution in [2.75, 3.05) is 23.8 Å². The van der Waals surface area contributed by atoms with Crippen LogP contribution in [0.15, 0.2) is 18.2 Å². The fraction of sp³-hybridized carbons (Fsp3) is 0.455. The number of nitrogens with one attached hydrogen (secondary N) is 1. The maximum Gasteiger partial charge on any atom is 0.270 e. The molecule has 1 aromatic heterocycles. The van der Waals surface area contributed by atoms with Crippen LogP contribution in [0.1, 0.15) is 10.5 Å². The van der Waals surface area contributed by atoms with Crippen molar-refractivity contribution in [3.8, 4) is 0 Å². The summed E-state index contributed by atoms with van der Waals surface area (Å²) in [6.07, 6.45) is 0. The van der Waals surface area contributed by atoms with Gasteiger partial charge in [-0.3, -0.25) is 4.79 Å². The first-order valence-electron chi connectivity index (χ1n) is 5.36. The van der Waals surface area contributed by atoms with E-state index in [-0.39, 0.29) is 11.6 Å². The minimum Gasteiger partial charge on any atom is -0.350 e. The van der Waals surface area contributed by atoms with Crippen molar-refractivity contribution in [2.24, 2.45) is 0 Å². The summed E-state index contributed by atoms with van der Waals surface area (Å²) in [4.78, 5) is 15.2. The van der Waals surface area contributed by atoms with Crippen LogP contribution in [-0.2, 0) is 0 Å². The van der Waals surface area contributed by atoms with E-state index in [4.69, 9.17) is 0 Å². The van der Waals surface area contributed by atoms with Crippen molar-refractivity contribution in [1.82, 2.24) is 10.3 Å². The summed E-state index contributed by atoms with van der Waals surface area (Å²) in [5.74, 6) is 2.44. The Labute approximate surface area is 108 Å². The number of thioether (sulfide) groups is 2. The molecule has 1 unspecified atom stereocenters. The van der Waals surface area contributed by atoms with E-state index in [9.17, 15) is 9.18 Å². The molecule has 2 rings (SSSR count). The number of carbonyl (C=O) groups is 1. The Bertz CT molecular complexity index is 397. The van der Waals surface area contributed by atoms with Gasteiger partial charge in [0.05, 0.1) is 0 Å². The van der Waals surface area contributed by atoms with Gasteiger partial charge in [-0.25, -0.2) is 4.98 Å². The van der Waals surface area contributed by atoms with Crippen LogP contribution in [0.25, 0.3) is 0 Å². The first-order chi connectivity index (χ1) is 8.25. The van der Waals surface area contributed by atoms with Crippen molar-refractivity contribution in [1.29, 1.82) is 0 Å². The van der Waals surface area contributed by atoms with E-state index in [1.54, 1.807) is 0 Å². The number of aromatic nitrogens is 1. The summed E-state index contributed by atoms with van der Waals surface area (Å²) in [6.45, 7) is 0.620. The van der Waals surface area contributed by atoms with E-state index in [0.717, 1.165) is 11.5 Å². The molecule has 1 aliphatic rings. The molecule has 1 atom stereocenters. The predicted molar refractivity (Wildman–Crippen MR) is 70.1 cm³/mol. The molecule has 0 saturated carbocycles. The lowest BCUT2D eigenvalue weighted by atomic mass is 10.3. The highest BCUT2D eigenvalue weighted by molar-refractivity contribution is 8.06. The van der Waals surface area contributed by atoms with Gasteiger partial charge < -0.3 is 5.32 Å². The third kappa shape index (κ3) is 3.89. The molecule has 0 bridgehead atoms. The van der Waals surface area contributed by atoms with Gasteiger partial charge in [-0.2, -0.15) is 27.9 Å². The van der Waals surface area contributed by atoms with Crippen LogP contribution in [0.2, 0.25) is 0 Å². The Morgan fingerprint density at radius 2 is 2.41 bits per heavy atom. The maximum absolute atomic E-state index is 12.8. The van der Waals surface area contributed by atoms with Crippen LogP contribution in [0, 0.1) is 5.95 Å². The van der Waals surface area contributed by atoms with Gasteiger partial charge in [0.15, 0.2) is 0 Å². The third-order valence-corrected chi connectivity index (χ3v) is 5.17. The van der Waals surface area contributed by atoms with Gasteiger partial charge in [-0.15, -0.1) is 0 Å². The topological polar surface area (TPSA) is 42.0 Å². The zero-order chi connectivity index (χ0) is 12.1. The largest absolute Gasteiger partial charge is 0.350 e. The molecule has 0 spiro atoms. The lowest BCUT2D eigenvalue weighted by Crippen LogP contribution is -2.33. The van der Waals surface area contributed by atoms with Gasteiger partial charge in [0, 0.05) is 29.1 Å². The van der Waals surface area contributed by atoms with E-state index >= 15 is 0 Å². The summed E-state index contributed by atoms with van der Waals surface area (Å²) in [7, 11) is 0. The summed E-state index contributed by atoms with van der Waals surface area (Å²) in [6, 6.07) is 4.23. The van der Waals surface area contributed by atoms with Crippen LogP contribution in [0.4, 0.5) is 4.39 Å². The number of hydrogen-bond donors (Lipinski definition) is 1. The SMILES string of the molecule is O=C(NCC1CSCCS1)c1cccc(F)n1. The van der Waals surface area contributed by atoms with Gasteiger partial charge in [0.1, 0.15) is 5.69 Å². The Morgan fingerprint density at radius 3 is 3.12 bits per heavy atom. The number of amides is 1. The van der Waals surface area contributed by atoms with Crippen LogP contribution in [0.5, 0.6) is 0 Å². The highest BCUT2D eigenvalue weighted by atomic mass is 32.2. The molecule has 2 heterocycles. The molecular formula is C11H13FN2OS2. The number of hydrogen-bond acceptors (Lipinski definition) is 4. The molecule has 6 heteroatoms. The summed E-state index contributed by atoms with van der Waals surface area (Å²) in [5.41, 5.74) is 0.137. The van der Waals surface area contributed by atoms with Crippen molar-refractivity contribution >= 4 is 29.4 Å². The number of carbonyl (C=O) groups excluding carboxylic acids is 1. The molecule has 0 radical (unpaired) electrons. The highest BCUT2D eigenvalue weighted by Crippen LogP contribution is 2.23. The normalized spacial score (nSPS) is 19.9. The molecule has 0 aliphatic carbocycles. The second kappa shape index (κ2) is 6.26. The standard InChI is InChI=1S/C11H13FN2OS2/c12-10-3-1-2-9(14-10)11(15)13-6-8-7-16-4-5-17-8/h1-3,8H,4-7H2,(H,13,15). The number of nitrogens with zero attached hydrogens (tertiary/aromatic N) is 1. The second-order valence-corrected chi connectivity index (χ2v) is 6.18. The fourth-order valence-corrected chi connectivity index (χ4v) is 4.10. The quantitative estimate of drug-likeness (QED) is 0.852. The molecular weight excluding hydrogens is 259 g/mol. The molecule has 92 valence electrons. The van der Waals surface area contributed by atoms with Crippen LogP contribution >= 0.6 is 23.5 Å². The van der Waals surface area contributed by atoms with Crippen molar-refractivity contribution < 1.29 is 9.18 Å². The van der Waals surface area contributed by atoms with Crippen LogP contribution in [-0.4, -0.2) is 39.9 Å². The van der Waals surface area contributed by atoms with Crippen LogP contribution in [0.3, 0.4) is 0 Å². The highest BCUT2D eigenvalue weighted by Gasteiger charge is 2.16. The molecule has 1 aliphatic heterocycles. The Balaban J connectivity index is 1.84. The molecule has 1 saturated heterocycles. The molecule has 1 aromatic rings. The zero-order valence-electron chi connectivity index (χ0n) is 9.19. The molecule has 1 amide bonds. The molecule has 0 aromatic carbocycles. The average Bonchev–Trinajstić information content (AvgIpc) is 2.37. The number of rotatable bonds is 3. The van der Waals surface area contributed by atoms with Gasteiger partial charge in [-0.05, 0) is 12.1 Å². The van der Waals surface area contributed by atoms with Gasteiger partial charge >= 0.3 is 0 Å². The average molecular weight is 272 g/mol. The maximum atomic E-state index is 12.8. The van der Waals surface area contributed by atoms with Gasteiger partial charge in [-0.1, -0.05) is 6.07 Å². The number of pyridine rings is 1. The van der Waals surface area contributed by atoms with Crippen molar-refractivity contribution in [3.63, 3.8) is 0 Å². The van der Waals surface area contributed by atoms with E-state index in [0.29, 0.717) is 11.8 Å².